The Bertz CT molecular complexity index is 356. The van der Waals surface area contributed by atoms with Crippen molar-refractivity contribution in [2.75, 3.05) is 0 Å². The topological polar surface area (TPSA) is 0 Å². The summed E-state index contributed by atoms with van der Waals surface area (Å²) in [5.74, 6) is 0.467. The molecule has 1 unspecified atom stereocenters. The van der Waals surface area contributed by atoms with Crippen LogP contribution in [0.2, 0.25) is 10.0 Å². The largest absolute Gasteiger partial charge is 0.0888 e. The number of allylic oxidation sites excluding steroid dienone is 2. The Labute approximate surface area is 108 Å². The fourth-order valence-electron chi connectivity index (χ4n) is 1.78. The van der Waals surface area contributed by atoms with Gasteiger partial charge in [0, 0.05) is 0 Å². The predicted octanol–water partition coefficient (Wildman–Crippen LogP) is 5.84. The van der Waals surface area contributed by atoms with Crippen LogP contribution in [0.25, 0.3) is 0 Å². The molecule has 0 aliphatic heterocycles. The second-order valence-corrected chi connectivity index (χ2v) is 4.65. The van der Waals surface area contributed by atoms with Gasteiger partial charge in [-0.3, -0.25) is 0 Å². The normalized spacial score (nSPS) is 13.2. The maximum Gasteiger partial charge on any atom is 0.0627 e. The van der Waals surface area contributed by atoms with E-state index in [4.69, 9.17) is 23.2 Å². The number of benzene rings is 1. The molecule has 0 radical (unpaired) electrons. The van der Waals surface area contributed by atoms with Crippen molar-refractivity contribution in [1.82, 2.24) is 0 Å². The summed E-state index contributed by atoms with van der Waals surface area (Å²) >= 11 is 12.2. The van der Waals surface area contributed by atoms with E-state index in [2.05, 4.69) is 32.1 Å². The number of halogens is 2. The van der Waals surface area contributed by atoms with Gasteiger partial charge in [0.05, 0.1) is 10.0 Å². The van der Waals surface area contributed by atoms with Gasteiger partial charge in [-0.1, -0.05) is 61.3 Å². The third kappa shape index (κ3) is 3.54. The molecule has 0 saturated heterocycles. The highest BCUT2D eigenvalue weighted by atomic mass is 35.5. The van der Waals surface area contributed by atoms with Crippen molar-refractivity contribution in [1.29, 1.82) is 0 Å². The zero-order chi connectivity index (χ0) is 12.0. The first kappa shape index (κ1) is 13.6. The maximum absolute atomic E-state index is 6.22. The second-order valence-electron chi connectivity index (χ2n) is 3.86. The Kier molecular flexibility index (Phi) is 5.94. The zero-order valence-electron chi connectivity index (χ0n) is 9.84. The Hall–Kier alpha value is -0.460. The molecule has 0 nitrogen and oxygen atoms in total. The molecule has 2 heteroatoms. The van der Waals surface area contributed by atoms with Crippen molar-refractivity contribution in [2.45, 2.75) is 39.0 Å². The van der Waals surface area contributed by atoms with Crippen LogP contribution in [0.5, 0.6) is 0 Å². The molecule has 0 aliphatic carbocycles. The third-order valence-electron chi connectivity index (χ3n) is 2.74. The van der Waals surface area contributed by atoms with Crippen LogP contribution in [0.3, 0.4) is 0 Å². The van der Waals surface area contributed by atoms with Crippen molar-refractivity contribution in [3.63, 3.8) is 0 Å². The van der Waals surface area contributed by atoms with Crippen molar-refractivity contribution >= 4 is 23.2 Å². The third-order valence-corrected chi connectivity index (χ3v) is 3.57. The maximum atomic E-state index is 6.22. The van der Waals surface area contributed by atoms with Gasteiger partial charge in [0.15, 0.2) is 0 Å². The molecule has 1 atom stereocenters. The highest BCUT2D eigenvalue weighted by molar-refractivity contribution is 6.42. The summed E-state index contributed by atoms with van der Waals surface area (Å²) in [5.41, 5.74) is 1.16. The molecule has 1 rings (SSSR count). The summed E-state index contributed by atoms with van der Waals surface area (Å²) in [6.07, 6.45) is 7.62. The highest BCUT2D eigenvalue weighted by Crippen LogP contribution is 2.34. The average Bonchev–Trinajstić information content (AvgIpc) is 2.29. The van der Waals surface area contributed by atoms with Crippen LogP contribution in [0.4, 0.5) is 0 Å². The van der Waals surface area contributed by atoms with E-state index in [0.717, 1.165) is 24.8 Å². The number of rotatable bonds is 5. The SMILES string of the molecule is CC/C=C\CC(CC)c1cccc(Cl)c1Cl. The molecule has 0 bridgehead atoms. The van der Waals surface area contributed by atoms with Crippen LogP contribution < -0.4 is 0 Å². The molecule has 1 aromatic rings. The zero-order valence-corrected chi connectivity index (χ0v) is 11.4. The molecule has 0 saturated carbocycles. The Morgan fingerprint density at radius 2 is 1.94 bits per heavy atom. The van der Waals surface area contributed by atoms with Gasteiger partial charge in [0.25, 0.3) is 0 Å². The number of hydrogen-bond acceptors (Lipinski definition) is 0. The lowest BCUT2D eigenvalue weighted by molar-refractivity contribution is 0.673. The number of hydrogen-bond donors (Lipinski definition) is 0. The molecule has 0 heterocycles. The van der Waals surface area contributed by atoms with E-state index in [1.807, 2.05) is 12.1 Å². The van der Waals surface area contributed by atoms with E-state index in [-0.39, 0.29) is 0 Å². The summed E-state index contributed by atoms with van der Waals surface area (Å²) in [4.78, 5) is 0. The lowest BCUT2D eigenvalue weighted by atomic mass is 9.93. The van der Waals surface area contributed by atoms with Crippen LogP contribution in [-0.2, 0) is 0 Å². The first-order valence-corrected chi connectivity index (χ1v) is 6.55. The van der Waals surface area contributed by atoms with Crippen LogP contribution in [0, 0.1) is 0 Å². The second kappa shape index (κ2) is 6.98. The molecule has 0 amide bonds. The molecular formula is C14H18Cl2. The Balaban J connectivity index is 2.86. The van der Waals surface area contributed by atoms with Gasteiger partial charge in [0.2, 0.25) is 0 Å². The van der Waals surface area contributed by atoms with Crippen molar-refractivity contribution < 1.29 is 0 Å². The van der Waals surface area contributed by atoms with E-state index < -0.39 is 0 Å². The summed E-state index contributed by atoms with van der Waals surface area (Å²) in [6, 6.07) is 5.87. The molecular weight excluding hydrogens is 239 g/mol. The molecule has 0 N–H and O–H groups in total. The minimum absolute atomic E-state index is 0.467. The van der Waals surface area contributed by atoms with E-state index in [9.17, 15) is 0 Å². The predicted molar refractivity (Wildman–Crippen MR) is 73.5 cm³/mol. The Morgan fingerprint density at radius 3 is 2.56 bits per heavy atom. The fraction of sp³-hybridized carbons (Fsp3) is 0.429. The minimum atomic E-state index is 0.467. The van der Waals surface area contributed by atoms with Crippen LogP contribution in [-0.4, -0.2) is 0 Å². The summed E-state index contributed by atoms with van der Waals surface area (Å²) in [7, 11) is 0. The monoisotopic (exact) mass is 256 g/mol. The summed E-state index contributed by atoms with van der Waals surface area (Å²) < 4.78 is 0. The first-order valence-electron chi connectivity index (χ1n) is 5.79. The van der Waals surface area contributed by atoms with Crippen molar-refractivity contribution in [2.24, 2.45) is 0 Å². The fourth-order valence-corrected chi connectivity index (χ4v) is 2.24. The highest BCUT2D eigenvalue weighted by Gasteiger charge is 2.13. The lowest BCUT2D eigenvalue weighted by Gasteiger charge is -2.15. The lowest BCUT2D eigenvalue weighted by Crippen LogP contribution is -1.97. The Morgan fingerprint density at radius 1 is 1.19 bits per heavy atom. The van der Waals surface area contributed by atoms with E-state index in [0.29, 0.717) is 16.0 Å². The molecule has 0 aromatic heterocycles. The van der Waals surface area contributed by atoms with E-state index in [1.165, 1.54) is 0 Å². The smallest absolute Gasteiger partial charge is 0.0627 e. The molecule has 0 fully saturated rings. The average molecular weight is 257 g/mol. The van der Waals surface area contributed by atoms with Crippen LogP contribution in [0.1, 0.15) is 44.6 Å². The van der Waals surface area contributed by atoms with Crippen LogP contribution in [0.15, 0.2) is 30.4 Å². The van der Waals surface area contributed by atoms with Gasteiger partial charge < -0.3 is 0 Å². The molecule has 1 aromatic carbocycles. The van der Waals surface area contributed by atoms with E-state index >= 15 is 0 Å². The van der Waals surface area contributed by atoms with Crippen molar-refractivity contribution in [3.8, 4) is 0 Å². The van der Waals surface area contributed by atoms with Gasteiger partial charge in [-0.2, -0.15) is 0 Å². The molecule has 88 valence electrons. The molecule has 16 heavy (non-hydrogen) atoms. The van der Waals surface area contributed by atoms with Crippen molar-refractivity contribution in [3.05, 3.63) is 46.0 Å². The van der Waals surface area contributed by atoms with E-state index in [1.54, 1.807) is 0 Å². The summed E-state index contributed by atoms with van der Waals surface area (Å²) in [5, 5.41) is 1.36. The first-order chi connectivity index (χ1) is 7.70. The standard InChI is InChI=1S/C14H18Cl2/c1-3-5-6-8-11(4-2)12-9-7-10-13(15)14(12)16/h5-7,9-11H,3-4,8H2,1-2H3/b6-5-. The van der Waals surface area contributed by atoms with Gasteiger partial charge in [-0.05, 0) is 36.8 Å². The molecule has 0 spiro atoms. The molecule has 0 aliphatic rings. The van der Waals surface area contributed by atoms with Gasteiger partial charge >= 0.3 is 0 Å². The van der Waals surface area contributed by atoms with Gasteiger partial charge in [0.1, 0.15) is 0 Å². The quantitative estimate of drug-likeness (QED) is 0.581. The van der Waals surface area contributed by atoms with Crippen LogP contribution >= 0.6 is 23.2 Å². The minimum Gasteiger partial charge on any atom is -0.0888 e. The van der Waals surface area contributed by atoms with Gasteiger partial charge in [-0.25, -0.2) is 0 Å². The van der Waals surface area contributed by atoms with Gasteiger partial charge in [-0.15, -0.1) is 0 Å². The summed E-state index contributed by atoms with van der Waals surface area (Å²) in [6.45, 7) is 4.32.